The Morgan fingerprint density at radius 2 is 1.76 bits per heavy atom. The Labute approximate surface area is 183 Å². The molecule has 2 aromatic carbocycles. The van der Waals surface area contributed by atoms with Gasteiger partial charge in [0.05, 0.1) is 27.4 Å². The molecule has 1 N–H and O–H groups in total. The molecule has 0 bridgehead atoms. The third kappa shape index (κ3) is 4.32. The molecular formula is C21H23BrClNO5. The fourth-order valence-corrected chi connectivity index (χ4v) is 4.61. The Hall–Kier alpha value is -1.96. The van der Waals surface area contributed by atoms with Crippen molar-refractivity contribution in [2.45, 2.75) is 24.9 Å². The Bertz CT molecular complexity index is 907. The van der Waals surface area contributed by atoms with Gasteiger partial charge in [-0.2, -0.15) is 0 Å². The van der Waals surface area contributed by atoms with E-state index in [9.17, 15) is 9.90 Å². The minimum atomic E-state index is -0.843. The third-order valence-corrected chi connectivity index (χ3v) is 6.12. The molecule has 1 saturated heterocycles. The van der Waals surface area contributed by atoms with Crippen molar-refractivity contribution in [3.63, 3.8) is 0 Å². The molecule has 2 aromatic rings. The van der Waals surface area contributed by atoms with E-state index in [1.54, 1.807) is 33.5 Å². The quantitative estimate of drug-likeness (QED) is 0.611. The molecule has 1 fully saturated rings. The first kappa shape index (κ1) is 21.7. The second-order valence-corrected chi connectivity index (χ2v) is 8.04. The first-order chi connectivity index (χ1) is 13.9. The van der Waals surface area contributed by atoms with E-state index in [1.807, 2.05) is 23.1 Å². The van der Waals surface area contributed by atoms with Gasteiger partial charge in [0.2, 0.25) is 0 Å². The van der Waals surface area contributed by atoms with Gasteiger partial charge in [0.1, 0.15) is 11.8 Å². The van der Waals surface area contributed by atoms with Crippen LogP contribution in [0.1, 0.15) is 30.0 Å². The average molecular weight is 485 g/mol. The third-order valence-electron chi connectivity index (χ3n) is 5.19. The van der Waals surface area contributed by atoms with Gasteiger partial charge < -0.3 is 19.3 Å². The monoisotopic (exact) mass is 483 g/mol. The van der Waals surface area contributed by atoms with Gasteiger partial charge >= 0.3 is 5.97 Å². The maximum atomic E-state index is 12.0. The van der Waals surface area contributed by atoms with E-state index < -0.39 is 18.1 Å². The molecule has 0 aliphatic carbocycles. The van der Waals surface area contributed by atoms with E-state index in [-0.39, 0.29) is 0 Å². The number of benzene rings is 2. The average Bonchev–Trinajstić information content (AvgIpc) is 3.19. The molecule has 156 valence electrons. The number of nitrogens with zero attached hydrogens (tertiary/aromatic N) is 1. The lowest BCUT2D eigenvalue weighted by Gasteiger charge is -2.33. The van der Waals surface area contributed by atoms with Crippen molar-refractivity contribution in [2.75, 3.05) is 27.9 Å². The zero-order valence-electron chi connectivity index (χ0n) is 16.4. The van der Waals surface area contributed by atoms with Crippen molar-refractivity contribution in [3.8, 4) is 17.2 Å². The minimum absolute atomic E-state index is 0.401. The molecule has 1 heterocycles. The van der Waals surface area contributed by atoms with Crippen molar-refractivity contribution in [3.05, 3.63) is 51.0 Å². The van der Waals surface area contributed by atoms with Crippen LogP contribution in [0.15, 0.2) is 34.8 Å². The lowest BCUT2D eigenvalue weighted by Crippen LogP contribution is -2.39. The van der Waals surface area contributed by atoms with Crippen LogP contribution in [0.2, 0.25) is 5.02 Å². The van der Waals surface area contributed by atoms with Gasteiger partial charge in [0.15, 0.2) is 11.5 Å². The van der Waals surface area contributed by atoms with Gasteiger partial charge in [-0.1, -0.05) is 27.5 Å². The minimum Gasteiger partial charge on any atom is -0.496 e. The molecule has 8 heteroatoms. The molecule has 2 unspecified atom stereocenters. The summed E-state index contributed by atoms with van der Waals surface area (Å²) in [6, 6.07) is 8.06. The van der Waals surface area contributed by atoms with Crippen molar-refractivity contribution in [1.82, 2.24) is 4.90 Å². The number of methoxy groups -OCH3 is 3. The normalized spacial score (nSPS) is 17.8. The molecule has 1 aliphatic rings. The summed E-state index contributed by atoms with van der Waals surface area (Å²) in [6.07, 6.45) is 1.38. The van der Waals surface area contributed by atoms with Crippen molar-refractivity contribution >= 4 is 33.5 Å². The second-order valence-electron chi connectivity index (χ2n) is 6.75. The fourth-order valence-electron chi connectivity index (χ4n) is 3.89. The number of carboxylic acid groups (broad SMARTS) is 1. The van der Waals surface area contributed by atoms with Gasteiger partial charge in [-0.3, -0.25) is 9.69 Å². The summed E-state index contributed by atoms with van der Waals surface area (Å²) in [4.78, 5) is 13.9. The summed E-state index contributed by atoms with van der Waals surface area (Å²) in [6.45, 7) is 0.637. The van der Waals surface area contributed by atoms with Crippen LogP contribution in [0.3, 0.4) is 0 Å². The summed E-state index contributed by atoms with van der Waals surface area (Å²) < 4.78 is 17.3. The van der Waals surface area contributed by atoms with Crippen LogP contribution < -0.4 is 14.2 Å². The van der Waals surface area contributed by atoms with Crippen LogP contribution in [0.25, 0.3) is 0 Å². The Morgan fingerprint density at radius 1 is 1.10 bits per heavy atom. The largest absolute Gasteiger partial charge is 0.496 e. The first-order valence-corrected chi connectivity index (χ1v) is 10.3. The number of aliphatic carboxylic acids is 1. The maximum Gasteiger partial charge on any atom is 0.320 e. The molecule has 6 nitrogen and oxygen atoms in total. The van der Waals surface area contributed by atoms with Gasteiger partial charge in [0, 0.05) is 21.6 Å². The Morgan fingerprint density at radius 3 is 2.38 bits per heavy atom. The molecule has 0 spiro atoms. The van der Waals surface area contributed by atoms with E-state index >= 15 is 0 Å². The number of ether oxygens (including phenoxy) is 3. The molecular weight excluding hydrogens is 462 g/mol. The summed E-state index contributed by atoms with van der Waals surface area (Å²) in [5.41, 5.74) is 1.64. The Balaban J connectivity index is 2.25. The van der Waals surface area contributed by atoms with Gasteiger partial charge in [-0.25, -0.2) is 0 Å². The van der Waals surface area contributed by atoms with Crippen LogP contribution >= 0.6 is 27.5 Å². The lowest BCUT2D eigenvalue weighted by molar-refractivity contribution is -0.142. The summed E-state index contributed by atoms with van der Waals surface area (Å²) >= 11 is 9.95. The summed E-state index contributed by atoms with van der Waals surface area (Å²) in [7, 11) is 4.73. The van der Waals surface area contributed by atoms with E-state index in [1.165, 1.54) is 0 Å². The molecule has 0 amide bonds. The topological polar surface area (TPSA) is 68.2 Å². The predicted octanol–water partition coefficient (Wildman–Crippen LogP) is 4.77. The van der Waals surface area contributed by atoms with Gasteiger partial charge in [-0.05, 0) is 48.7 Å². The van der Waals surface area contributed by atoms with Crippen LogP contribution in [0.5, 0.6) is 17.2 Å². The highest BCUT2D eigenvalue weighted by Crippen LogP contribution is 2.45. The molecule has 0 saturated carbocycles. The van der Waals surface area contributed by atoms with Crippen LogP contribution in [-0.4, -0.2) is 49.9 Å². The van der Waals surface area contributed by atoms with Gasteiger partial charge in [-0.15, -0.1) is 0 Å². The predicted molar refractivity (Wildman–Crippen MR) is 114 cm³/mol. The van der Waals surface area contributed by atoms with Crippen LogP contribution in [-0.2, 0) is 4.79 Å². The van der Waals surface area contributed by atoms with Gasteiger partial charge in [0.25, 0.3) is 0 Å². The molecule has 2 atom stereocenters. The first-order valence-electron chi connectivity index (χ1n) is 9.14. The molecule has 1 aliphatic heterocycles. The summed E-state index contributed by atoms with van der Waals surface area (Å²) in [5, 5.41) is 10.4. The Kier molecular flexibility index (Phi) is 6.93. The number of rotatable bonds is 7. The van der Waals surface area contributed by atoms with E-state index in [4.69, 9.17) is 25.8 Å². The zero-order chi connectivity index (χ0) is 21.1. The van der Waals surface area contributed by atoms with Crippen molar-refractivity contribution in [2.24, 2.45) is 0 Å². The van der Waals surface area contributed by atoms with Crippen molar-refractivity contribution < 1.29 is 24.1 Å². The summed E-state index contributed by atoms with van der Waals surface area (Å²) in [5.74, 6) is 0.932. The van der Waals surface area contributed by atoms with E-state index in [0.29, 0.717) is 35.2 Å². The highest BCUT2D eigenvalue weighted by Gasteiger charge is 2.39. The maximum absolute atomic E-state index is 12.0. The number of carbonyl (C=O) groups is 1. The number of hydrogen-bond donors (Lipinski definition) is 1. The number of carboxylic acids is 1. The highest BCUT2D eigenvalue weighted by molar-refractivity contribution is 9.10. The molecule has 0 radical (unpaired) electrons. The second kappa shape index (κ2) is 9.24. The van der Waals surface area contributed by atoms with E-state index in [0.717, 1.165) is 22.0 Å². The SMILES string of the molecule is COc1cc(Br)c(C(c2cc(Cl)ccc2OC)N2CCCC2C(=O)O)cc1OC. The number of hydrogen-bond acceptors (Lipinski definition) is 5. The zero-order valence-corrected chi connectivity index (χ0v) is 18.8. The molecule has 0 aromatic heterocycles. The van der Waals surface area contributed by atoms with Crippen LogP contribution in [0.4, 0.5) is 0 Å². The lowest BCUT2D eigenvalue weighted by atomic mass is 9.95. The molecule has 3 rings (SSSR count). The number of likely N-dealkylation sites (tertiary alicyclic amines) is 1. The highest BCUT2D eigenvalue weighted by atomic mass is 79.9. The number of halogens is 2. The van der Waals surface area contributed by atoms with E-state index in [2.05, 4.69) is 15.9 Å². The van der Waals surface area contributed by atoms with Crippen LogP contribution in [0, 0.1) is 0 Å². The smallest absolute Gasteiger partial charge is 0.320 e. The molecule has 29 heavy (non-hydrogen) atoms. The standard InChI is InChI=1S/C21H23BrClNO5/c1-27-17-7-6-12(23)9-14(17)20(24-8-4-5-16(24)21(25)26)13-10-18(28-2)19(29-3)11-15(13)22/h6-7,9-11,16,20H,4-5,8H2,1-3H3,(H,25,26). The van der Waals surface area contributed by atoms with Crippen molar-refractivity contribution in [1.29, 1.82) is 0 Å². The fraction of sp³-hybridized carbons (Fsp3) is 0.381.